The second-order valence-corrected chi connectivity index (χ2v) is 9.93. The molecule has 182 valence electrons. The average molecular weight is 470 g/mol. The molecule has 2 aromatic heterocycles. The van der Waals surface area contributed by atoms with Crippen molar-refractivity contribution >= 4 is 11.4 Å². The van der Waals surface area contributed by atoms with E-state index in [4.69, 9.17) is 20.0 Å². The molecule has 1 aliphatic heterocycles. The first kappa shape index (κ1) is 24.5. The Kier molecular flexibility index (Phi) is 7.55. The predicted molar refractivity (Wildman–Crippen MR) is 142 cm³/mol. The normalized spacial score (nSPS) is 14.9. The third-order valence-electron chi connectivity index (χ3n) is 6.87. The first-order valence-corrected chi connectivity index (χ1v) is 12.5. The van der Waals surface area contributed by atoms with Crippen LogP contribution in [0.25, 0.3) is 11.3 Å². The lowest BCUT2D eigenvalue weighted by Gasteiger charge is -2.40. The van der Waals surface area contributed by atoms with Gasteiger partial charge in [0.1, 0.15) is 12.4 Å². The van der Waals surface area contributed by atoms with Crippen LogP contribution in [0, 0.1) is 23.7 Å². The number of piperidine rings is 1. The van der Waals surface area contributed by atoms with Crippen molar-refractivity contribution in [3.63, 3.8) is 0 Å². The number of nitriles is 1. The number of hydrogen-bond acceptors (Lipinski definition) is 6. The quantitative estimate of drug-likeness (QED) is 0.408. The van der Waals surface area contributed by atoms with Crippen molar-refractivity contribution < 1.29 is 4.74 Å². The molecule has 6 nitrogen and oxygen atoms in total. The van der Waals surface area contributed by atoms with E-state index in [1.165, 1.54) is 24.1 Å². The zero-order valence-corrected chi connectivity index (χ0v) is 21.3. The number of nitrogens with zero attached hydrogens (tertiary/aromatic N) is 4. The summed E-state index contributed by atoms with van der Waals surface area (Å²) in [6.45, 7) is 12.4. The molecule has 1 aliphatic rings. The van der Waals surface area contributed by atoms with Crippen LogP contribution in [0.3, 0.4) is 0 Å². The highest BCUT2D eigenvalue weighted by molar-refractivity contribution is 5.79. The fourth-order valence-corrected chi connectivity index (χ4v) is 4.59. The summed E-state index contributed by atoms with van der Waals surface area (Å²) in [4.78, 5) is 12.1. The van der Waals surface area contributed by atoms with Crippen LogP contribution in [0.4, 0.5) is 11.4 Å². The summed E-state index contributed by atoms with van der Waals surface area (Å²) < 4.78 is 5.75. The Hall–Kier alpha value is -3.59. The summed E-state index contributed by atoms with van der Waals surface area (Å²) in [5.74, 6) is 0.756. The fourth-order valence-electron chi connectivity index (χ4n) is 4.59. The Balaban J connectivity index is 1.44. The first-order valence-electron chi connectivity index (χ1n) is 12.5. The summed E-state index contributed by atoms with van der Waals surface area (Å²) in [7, 11) is 0. The third kappa shape index (κ3) is 5.92. The number of hydrogen-bond donors (Lipinski definition) is 1. The summed E-state index contributed by atoms with van der Waals surface area (Å²) in [6, 6.07) is 13.4. The average Bonchev–Trinajstić information content (AvgIpc) is 2.87. The van der Waals surface area contributed by atoms with Gasteiger partial charge in [-0.1, -0.05) is 20.8 Å². The number of benzene rings is 1. The molecule has 1 N–H and O–H groups in total. The highest BCUT2D eigenvalue weighted by Gasteiger charge is 2.28. The van der Waals surface area contributed by atoms with E-state index >= 15 is 0 Å². The van der Waals surface area contributed by atoms with Crippen LogP contribution >= 0.6 is 0 Å². The van der Waals surface area contributed by atoms with Crippen molar-refractivity contribution in [2.24, 2.45) is 5.41 Å². The van der Waals surface area contributed by atoms with Crippen LogP contribution in [0.5, 0.6) is 5.75 Å². The van der Waals surface area contributed by atoms with Crippen molar-refractivity contribution in [1.82, 2.24) is 9.97 Å². The van der Waals surface area contributed by atoms with Gasteiger partial charge in [0.2, 0.25) is 0 Å². The highest BCUT2D eigenvalue weighted by atomic mass is 16.5. The van der Waals surface area contributed by atoms with Crippen LogP contribution in [0.15, 0.2) is 48.8 Å². The molecule has 0 unspecified atom stereocenters. The lowest BCUT2D eigenvalue weighted by Crippen LogP contribution is -2.38. The van der Waals surface area contributed by atoms with Gasteiger partial charge in [-0.05, 0) is 73.6 Å². The van der Waals surface area contributed by atoms with E-state index in [0.717, 1.165) is 47.9 Å². The van der Waals surface area contributed by atoms with Gasteiger partial charge >= 0.3 is 0 Å². The van der Waals surface area contributed by atoms with Gasteiger partial charge < -0.3 is 15.0 Å². The Morgan fingerprint density at radius 3 is 2.43 bits per heavy atom. The molecule has 0 amide bonds. The zero-order valence-electron chi connectivity index (χ0n) is 21.3. The highest BCUT2D eigenvalue weighted by Crippen LogP contribution is 2.39. The number of ether oxygens (including phenoxy) is 1. The van der Waals surface area contributed by atoms with Crippen LogP contribution in [0.1, 0.15) is 50.4 Å². The lowest BCUT2D eigenvalue weighted by atomic mass is 9.82. The van der Waals surface area contributed by atoms with Gasteiger partial charge in [0.25, 0.3) is 0 Å². The van der Waals surface area contributed by atoms with Crippen molar-refractivity contribution in [3.05, 3.63) is 65.6 Å². The second kappa shape index (κ2) is 10.8. The van der Waals surface area contributed by atoms with E-state index in [0.29, 0.717) is 24.1 Å². The summed E-state index contributed by atoms with van der Waals surface area (Å²) >= 11 is 0. The van der Waals surface area contributed by atoms with E-state index in [2.05, 4.69) is 56.1 Å². The fraction of sp³-hybridized carbons (Fsp3) is 0.414. The topological polar surface area (TPSA) is 74.1 Å². The molecule has 0 bridgehead atoms. The molecule has 1 aromatic carbocycles. The maximum absolute atomic E-state index is 8.89. The van der Waals surface area contributed by atoms with Gasteiger partial charge in [-0.25, -0.2) is 0 Å². The second-order valence-electron chi connectivity index (χ2n) is 9.93. The molecule has 6 heteroatoms. The Labute approximate surface area is 209 Å². The van der Waals surface area contributed by atoms with Crippen LogP contribution < -0.4 is 15.0 Å². The minimum atomic E-state index is 0.403. The van der Waals surface area contributed by atoms with E-state index in [1.54, 1.807) is 12.1 Å². The largest absolute Gasteiger partial charge is 0.492 e. The molecular weight excluding hydrogens is 434 g/mol. The number of aromatic nitrogens is 2. The van der Waals surface area contributed by atoms with Crippen molar-refractivity contribution in [1.29, 1.82) is 5.26 Å². The number of aryl methyl sites for hydroxylation is 1. The molecule has 3 heterocycles. The van der Waals surface area contributed by atoms with E-state index in [1.807, 2.05) is 24.5 Å². The molecule has 1 saturated heterocycles. The molecule has 0 atom stereocenters. The third-order valence-corrected chi connectivity index (χ3v) is 6.87. The number of rotatable bonds is 8. The minimum absolute atomic E-state index is 0.403. The molecule has 0 saturated carbocycles. The molecule has 0 radical (unpaired) electrons. The van der Waals surface area contributed by atoms with Gasteiger partial charge in [-0.2, -0.15) is 5.26 Å². The van der Waals surface area contributed by atoms with Crippen LogP contribution in [-0.4, -0.2) is 36.2 Å². The molecule has 0 spiro atoms. The zero-order chi connectivity index (χ0) is 24.8. The van der Waals surface area contributed by atoms with Crippen LogP contribution in [0.2, 0.25) is 0 Å². The Morgan fingerprint density at radius 2 is 1.80 bits per heavy atom. The maximum atomic E-state index is 8.89. The SMILES string of the molecule is CCc1c(C)ncc(-c2ccc(NCCOc3ccc(C#N)cc3)cn2)c1N1CCC(C)(C)CC1. The van der Waals surface area contributed by atoms with Gasteiger partial charge in [0.05, 0.1) is 34.9 Å². The number of anilines is 2. The number of pyridine rings is 2. The standard InChI is InChI=1S/C29H35N5O/c1-5-25-21(2)32-20-26(28(25)34-15-12-29(3,4)13-16-34)27-11-8-23(19-33-27)31-14-17-35-24-9-6-22(18-30)7-10-24/h6-11,19-20,31H,5,12-17H2,1-4H3. The minimum Gasteiger partial charge on any atom is -0.492 e. The molecular formula is C29H35N5O. The first-order chi connectivity index (χ1) is 16.9. The van der Waals surface area contributed by atoms with Crippen LogP contribution in [-0.2, 0) is 6.42 Å². The summed E-state index contributed by atoms with van der Waals surface area (Å²) in [5.41, 5.74) is 7.79. The monoisotopic (exact) mass is 469 g/mol. The predicted octanol–water partition coefficient (Wildman–Crippen LogP) is 6.00. The van der Waals surface area contributed by atoms with Crippen molar-refractivity contribution in [2.45, 2.75) is 47.0 Å². The van der Waals surface area contributed by atoms with Gasteiger partial charge in [-0.15, -0.1) is 0 Å². The molecule has 35 heavy (non-hydrogen) atoms. The maximum Gasteiger partial charge on any atom is 0.119 e. The van der Waals surface area contributed by atoms with Crippen molar-refractivity contribution in [3.8, 4) is 23.1 Å². The van der Waals surface area contributed by atoms with Crippen molar-refractivity contribution in [2.75, 3.05) is 36.5 Å². The van der Waals surface area contributed by atoms with E-state index in [-0.39, 0.29) is 0 Å². The summed E-state index contributed by atoms with van der Waals surface area (Å²) in [6.07, 6.45) is 7.21. The van der Waals surface area contributed by atoms with E-state index in [9.17, 15) is 0 Å². The molecule has 1 fully saturated rings. The Bertz CT molecular complexity index is 1170. The van der Waals surface area contributed by atoms with E-state index < -0.39 is 0 Å². The van der Waals surface area contributed by atoms with Gasteiger partial charge in [0.15, 0.2) is 0 Å². The molecule has 4 rings (SSSR count). The molecule has 0 aliphatic carbocycles. The number of nitrogens with one attached hydrogen (secondary N) is 1. The van der Waals surface area contributed by atoms with Gasteiger partial charge in [0, 0.05) is 37.1 Å². The van der Waals surface area contributed by atoms with Gasteiger partial charge in [-0.3, -0.25) is 9.97 Å². The summed E-state index contributed by atoms with van der Waals surface area (Å²) in [5, 5.41) is 12.3. The molecule has 3 aromatic rings. The smallest absolute Gasteiger partial charge is 0.119 e. The Morgan fingerprint density at radius 1 is 1.06 bits per heavy atom. The lowest BCUT2D eigenvalue weighted by molar-refractivity contribution is 0.279.